The van der Waals surface area contributed by atoms with Crippen LogP contribution in [0.2, 0.25) is 0 Å². The van der Waals surface area contributed by atoms with E-state index in [9.17, 15) is 13.2 Å². The van der Waals surface area contributed by atoms with Gasteiger partial charge in [0.25, 0.3) is 5.91 Å². The van der Waals surface area contributed by atoms with Gasteiger partial charge in [0.05, 0.1) is 22.8 Å². The van der Waals surface area contributed by atoms with Crippen molar-refractivity contribution < 1.29 is 18.4 Å². The zero-order chi connectivity index (χ0) is 18.0. The summed E-state index contributed by atoms with van der Waals surface area (Å²) < 4.78 is 27.1. The lowest BCUT2D eigenvalue weighted by atomic mass is 10.0. The van der Waals surface area contributed by atoms with Gasteiger partial charge in [-0.15, -0.1) is 0 Å². The number of hydroxylamine groups is 1. The van der Waals surface area contributed by atoms with Gasteiger partial charge in [-0.1, -0.05) is 24.8 Å². The van der Waals surface area contributed by atoms with E-state index in [0.29, 0.717) is 11.4 Å². The molecule has 2 heterocycles. The number of sulfonamides is 1. The Kier molecular flexibility index (Phi) is 4.62. The summed E-state index contributed by atoms with van der Waals surface area (Å²) in [5, 5.41) is 8.99. The second kappa shape index (κ2) is 6.71. The Morgan fingerprint density at radius 1 is 1.24 bits per heavy atom. The quantitative estimate of drug-likeness (QED) is 0.614. The lowest BCUT2D eigenvalue weighted by molar-refractivity contribution is -0.133. The predicted molar refractivity (Wildman–Crippen MR) is 88.7 cm³/mol. The molecule has 25 heavy (non-hydrogen) atoms. The summed E-state index contributed by atoms with van der Waals surface area (Å²) in [4.78, 5) is 20.4. The van der Waals surface area contributed by atoms with Crippen molar-refractivity contribution in [1.29, 1.82) is 0 Å². The molecular formula is C16H16N4O4S. The molecule has 8 nitrogen and oxygen atoms in total. The largest absolute Gasteiger partial charge is 0.289 e. The molecule has 1 aromatic carbocycles. The van der Waals surface area contributed by atoms with E-state index in [1.54, 1.807) is 18.2 Å². The van der Waals surface area contributed by atoms with Crippen LogP contribution in [0.1, 0.15) is 17.0 Å². The van der Waals surface area contributed by atoms with Crippen LogP contribution in [0.15, 0.2) is 48.1 Å². The van der Waals surface area contributed by atoms with E-state index < -0.39 is 22.0 Å². The highest BCUT2D eigenvalue weighted by Crippen LogP contribution is 2.27. The number of fused-ring (bicyclic) bond motifs is 1. The Morgan fingerprint density at radius 2 is 1.88 bits per heavy atom. The molecule has 0 saturated carbocycles. The van der Waals surface area contributed by atoms with Crippen LogP contribution >= 0.6 is 0 Å². The number of carbonyl (C=O) groups is 1. The van der Waals surface area contributed by atoms with Crippen LogP contribution in [0.4, 0.5) is 0 Å². The number of hydrogen-bond acceptors (Lipinski definition) is 6. The van der Waals surface area contributed by atoms with Crippen LogP contribution in [0, 0.1) is 0 Å². The molecule has 1 aromatic heterocycles. The fourth-order valence-electron chi connectivity index (χ4n) is 2.70. The van der Waals surface area contributed by atoms with Crippen LogP contribution in [0.25, 0.3) is 6.08 Å². The van der Waals surface area contributed by atoms with Gasteiger partial charge in [0.1, 0.15) is 6.04 Å². The van der Waals surface area contributed by atoms with E-state index in [4.69, 9.17) is 5.21 Å². The molecule has 2 N–H and O–H groups in total. The molecule has 0 aliphatic carbocycles. The predicted octanol–water partition coefficient (Wildman–Crippen LogP) is 0.741. The monoisotopic (exact) mass is 360 g/mol. The molecule has 0 radical (unpaired) electrons. The van der Waals surface area contributed by atoms with Crippen LogP contribution in [-0.4, -0.2) is 39.8 Å². The van der Waals surface area contributed by atoms with Crippen molar-refractivity contribution in [2.75, 3.05) is 0 Å². The van der Waals surface area contributed by atoms with Gasteiger partial charge >= 0.3 is 0 Å². The number of aromatic nitrogens is 2. The minimum Gasteiger partial charge on any atom is -0.289 e. The molecule has 9 heteroatoms. The number of nitrogens with zero attached hydrogens (tertiary/aromatic N) is 3. The molecule has 1 atom stereocenters. The summed E-state index contributed by atoms with van der Waals surface area (Å²) in [6.07, 6.45) is 4.57. The lowest BCUT2D eigenvalue weighted by Gasteiger charge is -2.33. The number of amides is 1. The second-order valence-electron chi connectivity index (χ2n) is 5.47. The van der Waals surface area contributed by atoms with Crippen LogP contribution in [0.3, 0.4) is 0 Å². The summed E-state index contributed by atoms with van der Waals surface area (Å²) in [5.74, 6) is -0.817. The second-order valence-corrected chi connectivity index (χ2v) is 7.36. The molecule has 0 bridgehead atoms. The van der Waals surface area contributed by atoms with Crippen LogP contribution < -0.4 is 5.48 Å². The molecule has 2 aromatic rings. The molecule has 1 amide bonds. The van der Waals surface area contributed by atoms with E-state index in [-0.39, 0.29) is 17.9 Å². The van der Waals surface area contributed by atoms with E-state index in [1.807, 2.05) is 0 Å². The minimum atomic E-state index is -3.97. The highest BCUT2D eigenvalue weighted by Gasteiger charge is 2.40. The van der Waals surface area contributed by atoms with E-state index in [1.165, 1.54) is 30.0 Å². The molecule has 1 aliphatic rings. The minimum absolute atomic E-state index is 0.0273. The summed E-state index contributed by atoms with van der Waals surface area (Å²) in [7, 11) is -3.97. The summed E-state index contributed by atoms with van der Waals surface area (Å²) in [5.41, 5.74) is 3.32. The Morgan fingerprint density at radius 3 is 2.48 bits per heavy atom. The number of nitrogens with one attached hydrogen (secondary N) is 1. The molecule has 1 aliphatic heterocycles. The first-order chi connectivity index (χ1) is 12.0. The third-order valence-corrected chi connectivity index (χ3v) is 5.90. The standard InChI is InChI=1S/C16H16N4O4S/c1-2-11-3-5-12(6-4-11)25(23,24)20-10-14-13(17-7-8-18-14)9-15(20)16(21)19-22/h2-8,15,22H,1,9-10H2,(H,19,21). The fourth-order valence-corrected chi connectivity index (χ4v) is 4.25. The lowest BCUT2D eigenvalue weighted by Crippen LogP contribution is -2.52. The Balaban J connectivity index is 2.04. The number of hydrogen-bond donors (Lipinski definition) is 2. The van der Waals surface area contributed by atoms with Crippen molar-refractivity contribution in [2.45, 2.75) is 23.9 Å². The van der Waals surface area contributed by atoms with Crippen molar-refractivity contribution in [1.82, 2.24) is 19.8 Å². The van der Waals surface area contributed by atoms with Crippen molar-refractivity contribution in [3.8, 4) is 0 Å². The fraction of sp³-hybridized carbons (Fsp3) is 0.188. The Bertz CT molecular complexity index is 912. The van der Waals surface area contributed by atoms with Gasteiger partial charge in [-0.05, 0) is 17.7 Å². The number of benzene rings is 1. The van der Waals surface area contributed by atoms with Gasteiger partial charge in [0.15, 0.2) is 0 Å². The van der Waals surface area contributed by atoms with Gasteiger partial charge in [0.2, 0.25) is 10.0 Å². The molecule has 3 rings (SSSR count). The van der Waals surface area contributed by atoms with Gasteiger partial charge in [-0.25, -0.2) is 13.9 Å². The van der Waals surface area contributed by atoms with Crippen LogP contribution in [-0.2, 0) is 27.8 Å². The van der Waals surface area contributed by atoms with Crippen molar-refractivity contribution in [3.05, 3.63) is 60.2 Å². The first-order valence-electron chi connectivity index (χ1n) is 7.44. The highest BCUT2D eigenvalue weighted by molar-refractivity contribution is 7.89. The van der Waals surface area contributed by atoms with E-state index in [2.05, 4.69) is 16.5 Å². The normalized spacial score (nSPS) is 17.6. The topological polar surface area (TPSA) is 112 Å². The Hall–Kier alpha value is -2.62. The summed E-state index contributed by atoms with van der Waals surface area (Å²) >= 11 is 0. The zero-order valence-corrected chi connectivity index (χ0v) is 14.0. The first-order valence-corrected chi connectivity index (χ1v) is 8.88. The van der Waals surface area contributed by atoms with Gasteiger partial charge < -0.3 is 0 Å². The Labute approximate surface area is 144 Å². The highest BCUT2D eigenvalue weighted by atomic mass is 32.2. The molecule has 0 saturated heterocycles. The van der Waals surface area contributed by atoms with Gasteiger partial charge in [0, 0.05) is 18.8 Å². The third kappa shape index (κ3) is 3.16. The van der Waals surface area contributed by atoms with Gasteiger partial charge in [-0.3, -0.25) is 20.0 Å². The third-order valence-electron chi connectivity index (χ3n) is 4.04. The maximum Gasteiger partial charge on any atom is 0.262 e. The smallest absolute Gasteiger partial charge is 0.262 e. The zero-order valence-electron chi connectivity index (χ0n) is 13.2. The maximum atomic E-state index is 13.0. The van der Waals surface area contributed by atoms with E-state index in [0.717, 1.165) is 9.87 Å². The van der Waals surface area contributed by atoms with Crippen LogP contribution in [0.5, 0.6) is 0 Å². The van der Waals surface area contributed by atoms with Crippen molar-refractivity contribution >= 4 is 22.0 Å². The molecule has 1 unspecified atom stereocenters. The first kappa shape index (κ1) is 17.2. The molecule has 0 fully saturated rings. The average molecular weight is 360 g/mol. The number of carbonyl (C=O) groups excluding carboxylic acids is 1. The maximum absolute atomic E-state index is 13.0. The van der Waals surface area contributed by atoms with Crippen molar-refractivity contribution in [3.63, 3.8) is 0 Å². The average Bonchev–Trinajstić information content (AvgIpc) is 2.66. The molecule has 130 valence electrons. The van der Waals surface area contributed by atoms with Gasteiger partial charge in [-0.2, -0.15) is 4.31 Å². The SMILES string of the molecule is C=Cc1ccc(S(=O)(=O)N2Cc3nccnc3CC2C(=O)NO)cc1. The summed E-state index contributed by atoms with van der Waals surface area (Å²) in [6, 6.07) is 5.04. The van der Waals surface area contributed by atoms with Crippen molar-refractivity contribution in [2.24, 2.45) is 0 Å². The molecule has 0 spiro atoms. The van der Waals surface area contributed by atoms with E-state index >= 15 is 0 Å². The molecular weight excluding hydrogens is 344 g/mol. The number of rotatable bonds is 4. The summed E-state index contributed by atoms with van der Waals surface area (Å²) in [6.45, 7) is 3.52.